The number of hydrogen-bond donors (Lipinski definition) is 0. The van der Waals surface area contributed by atoms with Crippen LogP contribution in [0, 0.1) is 23.7 Å². The molecule has 1 saturated heterocycles. The van der Waals surface area contributed by atoms with Crippen molar-refractivity contribution in [1.82, 2.24) is 0 Å². The molecule has 15 heavy (non-hydrogen) atoms. The third-order valence-electron chi connectivity index (χ3n) is 4.17. The van der Waals surface area contributed by atoms with Crippen LogP contribution in [0.25, 0.3) is 0 Å². The molecule has 0 N–H and O–H groups in total. The van der Waals surface area contributed by atoms with Crippen LogP contribution in [0.4, 0.5) is 0 Å². The summed E-state index contributed by atoms with van der Waals surface area (Å²) >= 11 is 6.48. The molecule has 1 aliphatic carbocycles. The van der Waals surface area contributed by atoms with Gasteiger partial charge in [-0.1, -0.05) is 13.8 Å². The molecule has 0 aromatic carbocycles. The molecule has 0 radical (unpaired) electrons. The lowest BCUT2D eigenvalue weighted by atomic mass is 9.65. The van der Waals surface area contributed by atoms with Crippen LogP contribution in [-0.2, 0) is 9.53 Å². The summed E-state index contributed by atoms with van der Waals surface area (Å²) < 4.78 is 5.19. The summed E-state index contributed by atoms with van der Waals surface area (Å²) in [4.78, 5) is 11.5. The van der Waals surface area contributed by atoms with Gasteiger partial charge in [0.2, 0.25) is 0 Å². The fraction of sp³-hybridized carbons (Fsp3) is 0.917. The van der Waals surface area contributed by atoms with Gasteiger partial charge in [0.15, 0.2) is 0 Å². The smallest absolute Gasteiger partial charge is 0.309 e. The van der Waals surface area contributed by atoms with Gasteiger partial charge in [-0.15, -0.1) is 11.6 Å². The third-order valence-corrected chi connectivity index (χ3v) is 4.64. The van der Waals surface area contributed by atoms with Gasteiger partial charge in [0.05, 0.1) is 12.5 Å². The Hall–Kier alpha value is -0.240. The van der Waals surface area contributed by atoms with Gasteiger partial charge in [-0.2, -0.15) is 0 Å². The topological polar surface area (TPSA) is 26.3 Å². The van der Waals surface area contributed by atoms with Crippen molar-refractivity contribution in [2.75, 3.05) is 6.61 Å². The van der Waals surface area contributed by atoms with E-state index < -0.39 is 0 Å². The zero-order chi connectivity index (χ0) is 11.2. The van der Waals surface area contributed by atoms with Crippen LogP contribution in [0.3, 0.4) is 0 Å². The van der Waals surface area contributed by atoms with Gasteiger partial charge in [-0.05, 0) is 31.6 Å². The quantitative estimate of drug-likeness (QED) is 0.512. The summed E-state index contributed by atoms with van der Waals surface area (Å²) in [5.74, 6) is 1.23. The standard InChI is InChI=1S/C12H19ClO2/c1-7(2)8-4-5-12(3,13)9-6-15-11(14)10(8)9/h7-10H,4-6H2,1-3H3/t8-,9-,10-,12-/m1/s1. The van der Waals surface area contributed by atoms with Crippen LogP contribution in [0.15, 0.2) is 0 Å². The number of halogens is 1. The van der Waals surface area contributed by atoms with Crippen LogP contribution in [0.1, 0.15) is 33.6 Å². The SMILES string of the molecule is CC(C)[C@H]1CC[C@@](C)(Cl)[C@@H]2COC(=O)[C@H]12. The summed E-state index contributed by atoms with van der Waals surface area (Å²) in [6, 6.07) is 0. The van der Waals surface area contributed by atoms with Crippen molar-refractivity contribution in [3.8, 4) is 0 Å². The summed E-state index contributed by atoms with van der Waals surface area (Å²) in [5.41, 5.74) is 0. The van der Waals surface area contributed by atoms with E-state index in [0.29, 0.717) is 18.4 Å². The molecule has 0 unspecified atom stereocenters. The van der Waals surface area contributed by atoms with Crippen molar-refractivity contribution in [3.05, 3.63) is 0 Å². The molecule has 1 aliphatic heterocycles. The maximum Gasteiger partial charge on any atom is 0.309 e. The van der Waals surface area contributed by atoms with Crippen LogP contribution in [0.5, 0.6) is 0 Å². The molecule has 3 heteroatoms. The maximum absolute atomic E-state index is 11.7. The molecule has 1 saturated carbocycles. The minimum atomic E-state index is -0.248. The van der Waals surface area contributed by atoms with E-state index in [1.54, 1.807) is 0 Å². The number of carbonyl (C=O) groups is 1. The Labute approximate surface area is 96.3 Å². The predicted molar refractivity (Wildman–Crippen MR) is 59.8 cm³/mol. The maximum atomic E-state index is 11.7. The number of ether oxygens (including phenoxy) is 1. The number of hydrogen-bond acceptors (Lipinski definition) is 2. The van der Waals surface area contributed by atoms with Gasteiger partial charge < -0.3 is 4.74 Å². The van der Waals surface area contributed by atoms with Crippen molar-refractivity contribution >= 4 is 17.6 Å². The summed E-state index contributed by atoms with van der Waals surface area (Å²) in [5, 5.41) is 0. The lowest BCUT2D eigenvalue weighted by Crippen LogP contribution is -2.44. The first-order valence-corrected chi connectivity index (χ1v) is 6.17. The van der Waals surface area contributed by atoms with Crippen molar-refractivity contribution in [2.45, 2.75) is 38.5 Å². The van der Waals surface area contributed by atoms with Crippen molar-refractivity contribution in [2.24, 2.45) is 23.7 Å². The number of rotatable bonds is 1. The third kappa shape index (κ3) is 1.77. The van der Waals surface area contributed by atoms with Gasteiger partial charge in [0, 0.05) is 10.8 Å². The molecule has 2 rings (SSSR count). The number of alkyl halides is 1. The van der Waals surface area contributed by atoms with Gasteiger partial charge in [-0.25, -0.2) is 0 Å². The van der Waals surface area contributed by atoms with E-state index in [-0.39, 0.29) is 22.7 Å². The molecular weight excluding hydrogens is 212 g/mol. The average molecular weight is 231 g/mol. The van der Waals surface area contributed by atoms with Gasteiger partial charge in [0.1, 0.15) is 0 Å². The number of cyclic esters (lactones) is 1. The van der Waals surface area contributed by atoms with Crippen LogP contribution >= 0.6 is 11.6 Å². The molecule has 0 spiro atoms. The molecule has 2 aliphatic rings. The molecule has 0 aromatic rings. The molecule has 0 amide bonds. The molecule has 2 nitrogen and oxygen atoms in total. The van der Waals surface area contributed by atoms with Crippen LogP contribution < -0.4 is 0 Å². The van der Waals surface area contributed by atoms with Crippen molar-refractivity contribution < 1.29 is 9.53 Å². The highest BCUT2D eigenvalue weighted by Gasteiger charge is 2.53. The second kappa shape index (κ2) is 3.65. The molecular formula is C12H19ClO2. The van der Waals surface area contributed by atoms with E-state index in [1.807, 2.05) is 6.92 Å². The highest BCUT2D eigenvalue weighted by molar-refractivity contribution is 6.24. The Morgan fingerprint density at radius 2 is 2.20 bits per heavy atom. The molecule has 4 atom stereocenters. The molecule has 1 heterocycles. The number of carbonyl (C=O) groups excluding carboxylic acids is 1. The van der Waals surface area contributed by atoms with Crippen molar-refractivity contribution in [3.63, 3.8) is 0 Å². The van der Waals surface area contributed by atoms with E-state index >= 15 is 0 Å². The molecule has 0 bridgehead atoms. The Morgan fingerprint density at radius 1 is 1.53 bits per heavy atom. The first kappa shape index (κ1) is 11.3. The van der Waals surface area contributed by atoms with E-state index in [0.717, 1.165) is 12.8 Å². The molecule has 0 aromatic heterocycles. The minimum Gasteiger partial charge on any atom is -0.465 e. The highest BCUT2D eigenvalue weighted by Crippen LogP contribution is 2.50. The highest BCUT2D eigenvalue weighted by atomic mass is 35.5. The zero-order valence-corrected chi connectivity index (χ0v) is 10.4. The lowest BCUT2D eigenvalue weighted by Gasteiger charge is -2.41. The second-order valence-corrected chi connectivity index (χ2v) is 6.35. The number of fused-ring (bicyclic) bond motifs is 1. The largest absolute Gasteiger partial charge is 0.465 e. The first-order valence-electron chi connectivity index (χ1n) is 5.79. The Kier molecular flexibility index (Phi) is 2.74. The molecule has 2 fully saturated rings. The average Bonchev–Trinajstić information content (AvgIpc) is 2.49. The summed E-state index contributed by atoms with van der Waals surface area (Å²) in [6.07, 6.45) is 2.04. The fourth-order valence-corrected chi connectivity index (χ4v) is 3.43. The second-order valence-electron chi connectivity index (χ2n) is 5.49. The Bertz CT molecular complexity index is 273. The van der Waals surface area contributed by atoms with Gasteiger partial charge in [-0.3, -0.25) is 4.79 Å². The van der Waals surface area contributed by atoms with Gasteiger partial charge in [0.25, 0.3) is 0 Å². The number of esters is 1. The lowest BCUT2D eigenvalue weighted by molar-refractivity contribution is -0.143. The predicted octanol–water partition coefficient (Wildman–Crippen LogP) is 2.84. The summed E-state index contributed by atoms with van der Waals surface area (Å²) in [6.45, 7) is 6.94. The van der Waals surface area contributed by atoms with Crippen molar-refractivity contribution in [1.29, 1.82) is 0 Å². The Morgan fingerprint density at radius 3 is 2.80 bits per heavy atom. The van der Waals surface area contributed by atoms with E-state index in [4.69, 9.17) is 16.3 Å². The summed E-state index contributed by atoms with van der Waals surface area (Å²) in [7, 11) is 0. The van der Waals surface area contributed by atoms with Crippen LogP contribution in [-0.4, -0.2) is 17.5 Å². The fourth-order valence-electron chi connectivity index (χ4n) is 3.12. The monoisotopic (exact) mass is 230 g/mol. The normalized spacial score (nSPS) is 45.4. The van der Waals surface area contributed by atoms with Crippen LogP contribution in [0.2, 0.25) is 0 Å². The Balaban J connectivity index is 2.26. The van der Waals surface area contributed by atoms with E-state index in [2.05, 4.69) is 13.8 Å². The van der Waals surface area contributed by atoms with E-state index in [1.165, 1.54) is 0 Å². The zero-order valence-electron chi connectivity index (χ0n) is 9.63. The first-order chi connectivity index (χ1) is 6.93. The molecule has 86 valence electrons. The van der Waals surface area contributed by atoms with Gasteiger partial charge >= 0.3 is 5.97 Å². The minimum absolute atomic E-state index is 0.0229. The van der Waals surface area contributed by atoms with E-state index in [9.17, 15) is 4.79 Å².